The van der Waals surface area contributed by atoms with Gasteiger partial charge in [0.2, 0.25) is 0 Å². The number of hydrogen-bond acceptors (Lipinski definition) is 8. The van der Waals surface area contributed by atoms with Crippen molar-refractivity contribution >= 4 is 23.5 Å². The molecule has 1 aromatic heterocycles. The van der Waals surface area contributed by atoms with Crippen LogP contribution in [0.3, 0.4) is 0 Å². The summed E-state index contributed by atoms with van der Waals surface area (Å²) in [6.45, 7) is 0.347. The highest BCUT2D eigenvalue weighted by Crippen LogP contribution is 2.39. The van der Waals surface area contributed by atoms with Gasteiger partial charge in [-0.25, -0.2) is 4.79 Å². The number of nitrogens with zero attached hydrogens (tertiary/aromatic N) is 3. The smallest absolute Gasteiger partial charge is 0.319 e. The van der Waals surface area contributed by atoms with Gasteiger partial charge in [-0.05, 0) is 53.1 Å². The maximum atomic E-state index is 12.6. The maximum Gasteiger partial charge on any atom is 0.319 e. The summed E-state index contributed by atoms with van der Waals surface area (Å²) in [4.78, 5) is 12.6. The minimum atomic E-state index is -0.569. The van der Waals surface area contributed by atoms with E-state index < -0.39 is 6.29 Å². The number of amides is 2. The van der Waals surface area contributed by atoms with E-state index in [4.69, 9.17) is 14.2 Å². The molecule has 6 rings (SSSR count). The molecule has 10 nitrogen and oxygen atoms in total. The number of carbonyl (C=O) groups excluding carboxylic acids is 1. The van der Waals surface area contributed by atoms with Gasteiger partial charge in [0.25, 0.3) is 0 Å². The average Bonchev–Trinajstić information content (AvgIpc) is 3.52. The minimum Gasteiger partial charge on any atom is -0.457 e. The van der Waals surface area contributed by atoms with Gasteiger partial charge in [-0.15, -0.1) is 10.2 Å². The maximum absolute atomic E-state index is 12.6. The number of thioether (sulfide) groups is 1. The van der Waals surface area contributed by atoms with Crippen LogP contribution < -0.4 is 15.4 Å². The van der Waals surface area contributed by atoms with Crippen molar-refractivity contribution in [1.82, 2.24) is 20.1 Å². The first-order valence-electron chi connectivity index (χ1n) is 15.0. The second-order valence-corrected chi connectivity index (χ2v) is 11.9. The van der Waals surface area contributed by atoms with Crippen molar-refractivity contribution in [3.05, 3.63) is 132 Å². The van der Waals surface area contributed by atoms with Gasteiger partial charge in [0.1, 0.15) is 17.8 Å². The zero-order valence-electron chi connectivity index (χ0n) is 25.3. The van der Waals surface area contributed by atoms with Gasteiger partial charge in [0.15, 0.2) is 11.4 Å². The molecule has 0 spiro atoms. The van der Waals surface area contributed by atoms with Gasteiger partial charge >= 0.3 is 6.03 Å². The Morgan fingerprint density at radius 1 is 0.913 bits per heavy atom. The fourth-order valence-corrected chi connectivity index (χ4v) is 5.88. The van der Waals surface area contributed by atoms with Crippen LogP contribution in [0.15, 0.2) is 115 Å². The van der Waals surface area contributed by atoms with E-state index in [2.05, 4.69) is 20.8 Å². The van der Waals surface area contributed by atoms with Crippen LogP contribution in [-0.4, -0.2) is 37.8 Å². The van der Waals surface area contributed by atoms with Crippen LogP contribution in [0.5, 0.6) is 11.5 Å². The molecular weight excluding hydrogens is 602 g/mol. The first-order chi connectivity index (χ1) is 22.5. The van der Waals surface area contributed by atoms with Crippen molar-refractivity contribution < 1.29 is 24.1 Å². The molecule has 0 unspecified atom stereocenters. The lowest BCUT2D eigenvalue weighted by atomic mass is 10.0. The Morgan fingerprint density at radius 3 is 2.30 bits per heavy atom. The zero-order chi connectivity index (χ0) is 31.7. The fourth-order valence-electron chi connectivity index (χ4n) is 4.97. The van der Waals surface area contributed by atoms with Crippen LogP contribution in [0, 0.1) is 0 Å². The third-order valence-electron chi connectivity index (χ3n) is 7.48. The normalized spacial score (nSPS) is 17.7. The first-order valence-corrected chi connectivity index (χ1v) is 15.9. The van der Waals surface area contributed by atoms with Gasteiger partial charge < -0.3 is 34.5 Å². The molecule has 1 aliphatic rings. The van der Waals surface area contributed by atoms with Crippen LogP contribution >= 0.6 is 11.8 Å². The topological polar surface area (TPSA) is 120 Å². The molecule has 3 N–H and O–H groups in total. The van der Waals surface area contributed by atoms with Gasteiger partial charge in [0.05, 0.1) is 18.8 Å². The second kappa shape index (κ2) is 15.1. The quantitative estimate of drug-likeness (QED) is 0.136. The van der Waals surface area contributed by atoms with E-state index >= 15 is 0 Å². The highest BCUT2D eigenvalue weighted by molar-refractivity contribution is 7.99. The van der Waals surface area contributed by atoms with Crippen molar-refractivity contribution in [2.75, 3.05) is 11.1 Å². The molecule has 11 heteroatoms. The molecule has 4 aromatic carbocycles. The Kier molecular flexibility index (Phi) is 10.3. The number of aliphatic hydroxyl groups is 1. The third-order valence-corrected chi connectivity index (χ3v) is 8.65. The molecule has 2 amide bonds. The predicted molar refractivity (Wildman–Crippen MR) is 175 cm³/mol. The standard InChI is InChI=1S/C35H35N5O5S/c1-40-23-37-39-35(40)46-22-31-19-32(26-11-9-25(21-41)10-12-26)45-33(44-31)27-13-7-24(8-14-27)20-36-34(42)38-28-15-17-30(18-16-28)43-29-5-3-2-4-6-29/h2-18,23,31-33,41H,19-22H2,1H3,(H2,36,38,42)/t31-,32+,33+/m0/s1. The molecule has 46 heavy (non-hydrogen) atoms. The van der Waals surface area contributed by atoms with Crippen LogP contribution in [-0.2, 0) is 29.7 Å². The number of hydrogen-bond donors (Lipinski definition) is 3. The van der Waals surface area contributed by atoms with E-state index in [9.17, 15) is 9.90 Å². The number of nitrogens with one attached hydrogen (secondary N) is 2. The molecule has 1 fully saturated rings. The Bertz CT molecular complexity index is 1700. The van der Waals surface area contributed by atoms with Crippen molar-refractivity contribution in [3.63, 3.8) is 0 Å². The Balaban J connectivity index is 1.05. The lowest BCUT2D eigenvalue weighted by Gasteiger charge is -2.36. The first kappa shape index (κ1) is 31.3. The summed E-state index contributed by atoms with van der Waals surface area (Å²) in [7, 11) is 1.92. The Hall–Kier alpha value is -4.68. The highest BCUT2D eigenvalue weighted by atomic mass is 32.2. The van der Waals surface area contributed by atoms with E-state index in [-0.39, 0.29) is 24.8 Å². The van der Waals surface area contributed by atoms with E-state index in [0.717, 1.165) is 33.2 Å². The van der Waals surface area contributed by atoms with E-state index in [1.807, 2.05) is 103 Å². The second-order valence-electron chi connectivity index (χ2n) is 10.9. The molecular formula is C35H35N5O5S. The average molecular weight is 638 g/mol. The molecule has 236 valence electrons. The summed E-state index contributed by atoms with van der Waals surface area (Å²) in [5.41, 5.74) is 4.37. The van der Waals surface area contributed by atoms with E-state index in [1.165, 1.54) is 0 Å². The summed E-state index contributed by atoms with van der Waals surface area (Å²) < 4.78 is 20.6. The monoisotopic (exact) mass is 637 g/mol. The van der Waals surface area contributed by atoms with Gasteiger partial charge in [-0.1, -0.05) is 78.5 Å². The molecule has 0 saturated carbocycles. The number of benzene rings is 4. The molecule has 1 saturated heterocycles. The molecule has 0 aliphatic carbocycles. The number of aryl methyl sites for hydroxylation is 1. The number of ether oxygens (including phenoxy) is 3. The molecule has 3 atom stereocenters. The molecule has 2 heterocycles. The van der Waals surface area contributed by atoms with Gasteiger partial charge in [0, 0.05) is 37.0 Å². The minimum absolute atomic E-state index is 0.00488. The largest absolute Gasteiger partial charge is 0.457 e. The number of aliphatic hydroxyl groups excluding tert-OH is 1. The van der Waals surface area contributed by atoms with Crippen LogP contribution in [0.1, 0.15) is 41.1 Å². The van der Waals surface area contributed by atoms with Gasteiger partial charge in [-0.3, -0.25) is 0 Å². The summed E-state index contributed by atoms with van der Waals surface area (Å²) in [5, 5.41) is 24.2. The summed E-state index contributed by atoms with van der Waals surface area (Å²) in [6, 6.07) is 32.1. The highest BCUT2D eigenvalue weighted by Gasteiger charge is 2.32. The fraction of sp³-hybridized carbons (Fsp3) is 0.229. The number of aromatic nitrogens is 3. The van der Waals surface area contributed by atoms with Crippen LogP contribution in [0.25, 0.3) is 0 Å². The van der Waals surface area contributed by atoms with Crippen molar-refractivity contribution in [2.24, 2.45) is 7.05 Å². The van der Waals surface area contributed by atoms with Crippen molar-refractivity contribution in [2.45, 2.75) is 43.2 Å². The lowest BCUT2D eigenvalue weighted by molar-refractivity contribution is -0.245. The van der Waals surface area contributed by atoms with Gasteiger partial charge in [-0.2, -0.15) is 0 Å². The number of carbonyl (C=O) groups is 1. The Morgan fingerprint density at radius 2 is 1.61 bits per heavy atom. The summed E-state index contributed by atoms with van der Waals surface area (Å²) >= 11 is 1.60. The molecule has 5 aromatic rings. The number of anilines is 1. The summed E-state index contributed by atoms with van der Waals surface area (Å²) in [6.07, 6.45) is 1.52. The van der Waals surface area contributed by atoms with Crippen molar-refractivity contribution in [1.29, 1.82) is 0 Å². The zero-order valence-corrected chi connectivity index (χ0v) is 26.1. The molecule has 1 aliphatic heterocycles. The SMILES string of the molecule is Cn1cnnc1SC[C@@H]1C[C@H](c2ccc(CO)cc2)O[C@H](c2ccc(CNC(=O)Nc3ccc(Oc4ccccc4)cc3)cc2)O1. The van der Waals surface area contributed by atoms with E-state index in [0.29, 0.717) is 30.2 Å². The Labute approximate surface area is 271 Å². The predicted octanol–water partition coefficient (Wildman–Crippen LogP) is 6.76. The lowest BCUT2D eigenvalue weighted by Crippen LogP contribution is -2.31. The number of rotatable bonds is 11. The molecule has 0 radical (unpaired) electrons. The van der Waals surface area contributed by atoms with Crippen molar-refractivity contribution in [3.8, 4) is 11.5 Å². The van der Waals surface area contributed by atoms with E-state index in [1.54, 1.807) is 30.2 Å². The number of para-hydroxylation sites is 1. The molecule has 0 bridgehead atoms. The third kappa shape index (κ3) is 8.32. The van der Waals surface area contributed by atoms with Crippen LogP contribution in [0.4, 0.5) is 10.5 Å². The van der Waals surface area contributed by atoms with Crippen LogP contribution in [0.2, 0.25) is 0 Å². The number of urea groups is 1. The summed E-state index contributed by atoms with van der Waals surface area (Å²) in [5.74, 6) is 2.13.